The number of hydrogen-bond acceptors (Lipinski definition) is 6. The van der Waals surface area contributed by atoms with Gasteiger partial charge in [-0.25, -0.2) is 4.39 Å². The van der Waals surface area contributed by atoms with E-state index in [0.29, 0.717) is 34.0 Å². The Kier molecular flexibility index (Phi) is 5.58. The zero-order valence-corrected chi connectivity index (χ0v) is 16.6. The Balaban J connectivity index is 1.51. The lowest BCUT2D eigenvalue weighted by atomic mass is 10.1. The molecule has 30 heavy (non-hydrogen) atoms. The fraction of sp³-hybridized carbons (Fsp3) is 0.143. The molecule has 0 saturated heterocycles. The lowest BCUT2D eigenvalue weighted by Gasteiger charge is -2.08. The van der Waals surface area contributed by atoms with Crippen LogP contribution in [0.1, 0.15) is 11.4 Å². The van der Waals surface area contributed by atoms with Crippen molar-refractivity contribution in [1.29, 1.82) is 0 Å². The first-order chi connectivity index (χ1) is 14.5. The molecule has 2 heterocycles. The third-order valence-electron chi connectivity index (χ3n) is 4.28. The Morgan fingerprint density at radius 3 is 2.60 bits per heavy atom. The highest BCUT2D eigenvalue weighted by Crippen LogP contribution is 2.33. The first kappa shape index (κ1) is 19.8. The van der Waals surface area contributed by atoms with Gasteiger partial charge < -0.3 is 14.6 Å². The van der Waals surface area contributed by atoms with E-state index in [0.717, 1.165) is 5.56 Å². The van der Waals surface area contributed by atoms with Gasteiger partial charge in [0.1, 0.15) is 22.7 Å². The summed E-state index contributed by atoms with van der Waals surface area (Å²) in [6.07, 6.45) is 0. The maximum atomic E-state index is 13.3. The lowest BCUT2D eigenvalue weighted by molar-refractivity contribution is -0.123. The van der Waals surface area contributed by atoms with Crippen LogP contribution >= 0.6 is 11.6 Å². The van der Waals surface area contributed by atoms with E-state index in [1.165, 1.54) is 12.1 Å². The summed E-state index contributed by atoms with van der Waals surface area (Å²) in [5.41, 5.74) is 2.14. The summed E-state index contributed by atoms with van der Waals surface area (Å²) < 4.78 is 24.2. The maximum absolute atomic E-state index is 13.3. The Labute approximate surface area is 175 Å². The quantitative estimate of drug-likeness (QED) is 0.499. The minimum atomic E-state index is -0.368. The second-order valence-electron chi connectivity index (χ2n) is 6.49. The average Bonchev–Trinajstić information content (AvgIpc) is 3.16. The van der Waals surface area contributed by atoms with E-state index in [1.807, 2.05) is 12.1 Å². The summed E-state index contributed by atoms with van der Waals surface area (Å²) >= 11 is 5.86. The van der Waals surface area contributed by atoms with E-state index in [-0.39, 0.29) is 29.9 Å². The van der Waals surface area contributed by atoms with Gasteiger partial charge in [-0.15, -0.1) is 0 Å². The highest BCUT2D eigenvalue weighted by molar-refractivity contribution is 6.30. The molecule has 0 aliphatic heterocycles. The number of aromatic nitrogens is 3. The molecule has 1 amide bonds. The summed E-state index contributed by atoms with van der Waals surface area (Å²) in [5.74, 6) is -0.123. The zero-order chi connectivity index (χ0) is 21.1. The van der Waals surface area contributed by atoms with Crippen molar-refractivity contribution in [2.24, 2.45) is 0 Å². The fourth-order valence-corrected chi connectivity index (χ4v) is 2.95. The molecule has 152 valence electrons. The molecule has 0 aliphatic rings. The zero-order valence-electron chi connectivity index (χ0n) is 15.9. The minimum Gasteiger partial charge on any atom is -0.467 e. The molecule has 7 nitrogen and oxygen atoms in total. The lowest BCUT2D eigenvalue weighted by Crippen LogP contribution is -2.28. The number of carbonyl (C=O) groups excluding carboxylic acids is 1. The van der Waals surface area contributed by atoms with E-state index < -0.39 is 0 Å². The van der Waals surface area contributed by atoms with Crippen LogP contribution in [-0.4, -0.2) is 27.6 Å². The minimum absolute atomic E-state index is 0.166. The molecule has 4 rings (SSSR count). The number of hydrogen-bond donors (Lipinski definition) is 1. The van der Waals surface area contributed by atoms with Gasteiger partial charge in [0.15, 0.2) is 6.61 Å². The van der Waals surface area contributed by atoms with Crippen molar-refractivity contribution in [1.82, 2.24) is 20.4 Å². The predicted octanol–water partition coefficient (Wildman–Crippen LogP) is 4.08. The number of rotatable bonds is 6. The molecule has 0 atom stereocenters. The first-order valence-corrected chi connectivity index (χ1v) is 9.41. The molecule has 0 bridgehead atoms. The number of ether oxygens (including phenoxy) is 1. The van der Waals surface area contributed by atoms with E-state index in [2.05, 4.69) is 20.4 Å². The Bertz CT molecular complexity index is 1190. The number of halogens is 2. The molecule has 0 spiro atoms. The van der Waals surface area contributed by atoms with Crippen LogP contribution < -0.4 is 10.1 Å². The Morgan fingerprint density at radius 1 is 1.13 bits per heavy atom. The van der Waals surface area contributed by atoms with E-state index in [1.54, 1.807) is 31.2 Å². The molecule has 9 heteroatoms. The van der Waals surface area contributed by atoms with Gasteiger partial charge in [-0.2, -0.15) is 9.97 Å². The van der Waals surface area contributed by atoms with Gasteiger partial charge in [-0.05, 0) is 48.9 Å². The van der Waals surface area contributed by atoms with Gasteiger partial charge in [0.05, 0.1) is 0 Å². The van der Waals surface area contributed by atoms with E-state index >= 15 is 0 Å². The van der Waals surface area contributed by atoms with Crippen LogP contribution in [0.3, 0.4) is 0 Å². The third-order valence-corrected chi connectivity index (χ3v) is 4.53. The predicted molar refractivity (Wildman–Crippen MR) is 109 cm³/mol. The molecule has 0 fully saturated rings. The van der Waals surface area contributed by atoms with Crippen LogP contribution in [0.25, 0.3) is 22.4 Å². The maximum Gasteiger partial charge on any atom is 0.265 e. The van der Waals surface area contributed by atoms with Gasteiger partial charge in [-0.1, -0.05) is 28.9 Å². The molecule has 2 aromatic heterocycles. The number of nitrogens with zero attached hydrogens (tertiary/aromatic N) is 3. The van der Waals surface area contributed by atoms with Crippen LogP contribution in [0.5, 0.6) is 5.88 Å². The van der Waals surface area contributed by atoms with Crippen molar-refractivity contribution in [3.05, 3.63) is 70.8 Å². The summed E-state index contributed by atoms with van der Waals surface area (Å²) in [7, 11) is 0. The molecule has 0 radical (unpaired) electrons. The van der Waals surface area contributed by atoms with Crippen LogP contribution in [0, 0.1) is 12.7 Å². The molecule has 0 unspecified atom stereocenters. The molecular weight excluding hydrogens is 411 g/mol. The van der Waals surface area contributed by atoms with Gasteiger partial charge in [0.25, 0.3) is 11.6 Å². The monoisotopic (exact) mass is 426 g/mol. The molecule has 1 N–H and O–H groups in total. The smallest absolute Gasteiger partial charge is 0.265 e. The van der Waals surface area contributed by atoms with Gasteiger partial charge in [0.2, 0.25) is 5.88 Å². The number of carbonyl (C=O) groups is 1. The average molecular weight is 427 g/mol. The van der Waals surface area contributed by atoms with Crippen molar-refractivity contribution in [3.8, 4) is 17.1 Å². The van der Waals surface area contributed by atoms with Gasteiger partial charge in [-0.3, -0.25) is 4.79 Å². The Morgan fingerprint density at radius 2 is 1.87 bits per heavy atom. The van der Waals surface area contributed by atoms with Crippen LogP contribution in [0.2, 0.25) is 5.02 Å². The largest absolute Gasteiger partial charge is 0.467 e. The van der Waals surface area contributed by atoms with Crippen molar-refractivity contribution in [2.75, 3.05) is 6.61 Å². The highest BCUT2D eigenvalue weighted by atomic mass is 35.5. The van der Waals surface area contributed by atoms with Crippen LogP contribution in [-0.2, 0) is 11.3 Å². The van der Waals surface area contributed by atoms with Crippen LogP contribution in [0.15, 0.2) is 53.1 Å². The molecule has 4 aromatic rings. The summed E-state index contributed by atoms with van der Waals surface area (Å²) in [4.78, 5) is 20.7. The molecular formula is C21H16ClFN4O3. The topological polar surface area (TPSA) is 90.1 Å². The molecule has 0 aliphatic carbocycles. The standard InChI is InChI=1S/C21H16ClFN4O3/c1-12-25-20(29-11-17(28)24-10-13-2-6-15(22)7-3-13)18-19(27-30-21(18)26-12)14-4-8-16(23)9-5-14/h2-9H,10-11H2,1H3,(H,24,28). The number of benzene rings is 2. The number of nitrogens with one attached hydrogen (secondary N) is 1. The van der Waals surface area contributed by atoms with E-state index in [9.17, 15) is 9.18 Å². The van der Waals surface area contributed by atoms with Crippen molar-refractivity contribution in [2.45, 2.75) is 13.5 Å². The summed E-state index contributed by atoms with van der Waals surface area (Å²) in [6.45, 7) is 1.76. The van der Waals surface area contributed by atoms with Crippen molar-refractivity contribution < 1.29 is 18.4 Å². The second-order valence-corrected chi connectivity index (χ2v) is 6.92. The Hall–Kier alpha value is -3.52. The molecule has 2 aromatic carbocycles. The normalized spacial score (nSPS) is 10.9. The van der Waals surface area contributed by atoms with E-state index in [4.69, 9.17) is 20.9 Å². The van der Waals surface area contributed by atoms with Crippen LogP contribution in [0.4, 0.5) is 4.39 Å². The van der Waals surface area contributed by atoms with Crippen molar-refractivity contribution >= 4 is 28.6 Å². The highest BCUT2D eigenvalue weighted by Gasteiger charge is 2.20. The second kappa shape index (κ2) is 8.46. The summed E-state index contributed by atoms with van der Waals surface area (Å²) in [6, 6.07) is 12.9. The number of aryl methyl sites for hydroxylation is 1. The van der Waals surface area contributed by atoms with Gasteiger partial charge in [0, 0.05) is 17.1 Å². The third kappa shape index (κ3) is 4.38. The summed E-state index contributed by atoms with van der Waals surface area (Å²) in [5, 5.41) is 7.82. The SMILES string of the molecule is Cc1nc(OCC(=O)NCc2ccc(Cl)cc2)c2c(-c3ccc(F)cc3)noc2n1. The van der Waals surface area contributed by atoms with Crippen molar-refractivity contribution in [3.63, 3.8) is 0 Å². The fourth-order valence-electron chi connectivity index (χ4n) is 2.82. The number of fused-ring (bicyclic) bond motifs is 1. The van der Waals surface area contributed by atoms with Gasteiger partial charge >= 0.3 is 0 Å². The number of amides is 1. The molecule has 0 saturated carbocycles. The first-order valence-electron chi connectivity index (χ1n) is 9.03.